The van der Waals surface area contributed by atoms with Gasteiger partial charge in [-0.2, -0.15) is 0 Å². The standard InChI is InChI=1S/C15H20ClNO2/c1-9-7-12(13(16)8-10(9)2)15(19)17-14(5-6-18)11-3-4-11/h7-8,11,14,18H,3-6H2,1-2H3,(H,17,19). The van der Waals surface area contributed by atoms with Crippen LogP contribution in [0, 0.1) is 19.8 Å². The zero-order valence-electron chi connectivity index (χ0n) is 11.4. The first-order chi connectivity index (χ1) is 9.02. The molecule has 0 heterocycles. The highest BCUT2D eigenvalue weighted by molar-refractivity contribution is 6.34. The van der Waals surface area contributed by atoms with Crippen molar-refractivity contribution < 1.29 is 9.90 Å². The minimum absolute atomic E-state index is 0.0650. The lowest BCUT2D eigenvalue weighted by atomic mass is 10.0. The molecular formula is C15H20ClNO2. The molecule has 1 fully saturated rings. The lowest BCUT2D eigenvalue weighted by molar-refractivity contribution is 0.0924. The van der Waals surface area contributed by atoms with Crippen LogP contribution in [0.1, 0.15) is 40.7 Å². The van der Waals surface area contributed by atoms with Gasteiger partial charge in [0.2, 0.25) is 0 Å². The molecule has 0 aliphatic heterocycles. The van der Waals surface area contributed by atoms with Gasteiger partial charge < -0.3 is 10.4 Å². The molecule has 0 saturated heterocycles. The molecular weight excluding hydrogens is 262 g/mol. The van der Waals surface area contributed by atoms with E-state index in [-0.39, 0.29) is 18.6 Å². The molecule has 1 aromatic rings. The average molecular weight is 282 g/mol. The minimum atomic E-state index is -0.140. The van der Waals surface area contributed by atoms with Crippen LogP contribution >= 0.6 is 11.6 Å². The van der Waals surface area contributed by atoms with Crippen LogP contribution in [-0.4, -0.2) is 23.7 Å². The van der Waals surface area contributed by atoms with E-state index in [0.29, 0.717) is 22.9 Å². The summed E-state index contributed by atoms with van der Waals surface area (Å²) in [5.74, 6) is 0.375. The van der Waals surface area contributed by atoms with Gasteiger partial charge in [0.25, 0.3) is 5.91 Å². The van der Waals surface area contributed by atoms with E-state index in [1.165, 1.54) is 0 Å². The van der Waals surface area contributed by atoms with E-state index in [9.17, 15) is 4.79 Å². The van der Waals surface area contributed by atoms with Crippen molar-refractivity contribution in [1.82, 2.24) is 5.32 Å². The molecule has 1 aromatic carbocycles. The number of halogens is 1. The van der Waals surface area contributed by atoms with Gasteiger partial charge in [0.05, 0.1) is 10.6 Å². The molecule has 1 unspecified atom stereocenters. The maximum atomic E-state index is 12.3. The van der Waals surface area contributed by atoms with Crippen LogP contribution in [0.4, 0.5) is 0 Å². The number of nitrogens with one attached hydrogen (secondary N) is 1. The summed E-state index contributed by atoms with van der Waals surface area (Å²) in [5, 5.41) is 12.5. The van der Waals surface area contributed by atoms with Crippen LogP contribution < -0.4 is 5.32 Å². The van der Waals surface area contributed by atoms with Crippen molar-refractivity contribution in [2.75, 3.05) is 6.61 Å². The SMILES string of the molecule is Cc1cc(Cl)c(C(=O)NC(CCO)C2CC2)cc1C. The number of carbonyl (C=O) groups excluding carboxylic acids is 1. The van der Waals surface area contributed by atoms with Crippen LogP contribution in [0.3, 0.4) is 0 Å². The van der Waals surface area contributed by atoms with E-state index >= 15 is 0 Å². The maximum Gasteiger partial charge on any atom is 0.253 e. The third-order valence-electron chi connectivity index (χ3n) is 3.78. The van der Waals surface area contributed by atoms with E-state index in [2.05, 4.69) is 5.32 Å². The Bertz CT molecular complexity index is 483. The van der Waals surface area contributed by atoms with E-state index in [4.69, 9.17) is 16.7 Å². The summed E-state index contributed by atoms with van der Waals surface area (Å²) in [6.07, 6.45) is 2.87. The van der Waals surface area contributed by atoms with Gasteiger partial charge >= 0.3 is 0 Å². The van der Waals surface area contributed by atoms with E-state index in [1.54, 1.807) is 0 Å². The summed E-state index contributed by atoms with van der Waals surface area (Å²) in [5.41, 5.74) is 2.66. The van der Waals surface area contributed by atoms with Gasteiger partial charge in [0.1, 0.15) is 0 Å². The summed E-state index contributed by atoms with van der Waals surface area (Å²) in [7, 11) is 0. The molecule has 1 saturated carbocycles. The van der Waals surface area contributed by atoms with Gasteiger partial charge in [-0.3, -0.25) is 4.79 Å². The van der Waals surface area contributed by atoms with Crippen molar-refractivity contribution in [3.8, 4) is 0 Å². The van der Waals surface area contributed by atoms with Crippen LogP contribution in [0.15, 0.2) is 12.1 Å². The Hall–Kier alpha value is -1.06. The average Bonchev–Trinajstić information content (AvgIpc) is 3.17. The Labute approximate surface area is 119 Å². The third-order valence-corrected chi connectivity index (χ3v) is 4.09. The number of carbonyl (C=O) groups is 1. The zero-order valence-corrected chi connectivity index (χ0v) is 12.1. The summed E-state index contributed by atoms with van der Waals surface area (Å²) in [6.45, 7) is 4.04. The highest BCUT2D eigenvalue weighted by Gasteiger charge is 2.32. The molecule has 1 amide bonds. The van der Waals surface area contributed by atoms with Crippen molar-refractivity contribution in [2.24, 2.45) is 5.92 Å². The second-order valence-corrected chi connectivity index (χ2v) is 5.75. The lowest BCUT2D eigenvalue weighted by Crippen LogP contribution is -2.37. The number of hydrogen-bond acceptors (Lipinski definition) is 2. The number of hydrogen-bond donors (Lipinski definition) is 2. The van der Waals surface area contributed by atoms with Gasteiger partial charge in [0, 0.05) is 12.6 Å². The van der Waals surface area contributed by atoms with E-state index < -0.39 is 0 Å². The Morgan fingerprint density at radius 3 is 2.63 bits per heavy atom. The molecule has 3 nitrogen and oxygen atoms in total. The molecule has 4 heteroatoms. The van der Waals surface area contributed by atoms with Crippen LogP contribution in [0.25, 0.3) is 0 Å². The number of benzene rings is 1. The van der Waals surface area contributed by atoms with Crippen LogP contribution in [0.2, 0.25) is 5.02 Å². The Morgan fingerprint density at radius 2 is 2.05 bits per heavy atom. The smallest absolute Gasteiger partial charge is 0.253 e. The molecule has 2 rings (SSSR count). The van der Waals surface area contributed by atoms with E-state index in [0.717, 1.165) is 24.0 Å². The first kappa shape index (κ1) is 14.4. The Morgan fingerprint density at radius 1 is 1.42 bits per heavy atom. The fourth-order valence-electron chi connectivity index (χ4n) is 2.26. The summed E-state index contributed by atoms with van der Waals surface area (Å²) >= 11 is 6.14. The fourth-order valence-corrected chi connectivity index (χ4v) is 2.57. The Kier molecular flexibility index (Phi) is 4.48. The summed E-state index contributed by atoms with van der Waals surface area (Å²) in [6, 6.07) is 3.72. The third kappa shape index (κ3) is 3.48. The number of rotatable bonds is 5. The second kappa shape index (κ2) is 5.93. The minimum Gasteiger partial charge on any atom is -0.396 e. The fraction of sp³-hybridized carbons (Fsp3) is 0.533. The largest absolute Gasteiger partial charge is 0.396 e. The van der Waals surface area contributed by atoms with Gasteiger partial charge in [-0.25, -0.2) is 0 Å². The predicted molar refractivity (Wildman–Crippen MR) is 76.6 cm³/mol. The monoisotopic (exact) mass is 281 g/mol. The predicted octanol–water partition coefficient (Wildman–Crippen LogP) is 2.85. The topological polar surface area (TPSA) is 49.3 Å². The molecule has 0 bridgehead atoms. The normalized spacial score (nSPS) is 16.2. The van der Waals surface area contributed by atoms with Crippen molar-refractivity contribution in [3.63, 3.8) is 0 Å². The molecule has 2 N–H and O–H groups in total. The lowest BCUT2D eigenvalue weighted by Gasteiger charge is -2.18. The second-order valence-electron chi connectivity index (χ2n) is 5.35. The molecule has 0 radical (unpaired) electrons. The number of amides is 1. The molecule has 0 aromatic heterocycles. The quantitative estimate of drug-likeness (QED) is 0.872. The van der Waals surface area contributed by atoms with Gasteiger partial charge in [-0.1, -0.05) is 11.6 Å². The van der Waals surface area contributed by atoms with Crippen molar-refractivity contribution >= 4 is 17.5 Å². The number of aryl methyl sites for hydroxylation is 2. The molecule has 19 heavy (non-hydrogen) atoms. The van der Waals surface area contributed by atoms with Crippen molar-refractivity contribution in [2.45, 2.75) is 39.2 Å². The summed E-state index contributed by atoms with van der Waals surface area (Å²) < 4.78 is 0. The van der Waals surface area contributed by atoms with Crippen molar-refractivity contribution in [3.05, 3.63) is 33.8 Å². The summed E-state index contributed by atoms with van der Waals surface area (Å²) in [4.78, 5) is 12.3. The van der Waals surface area contributed by atoms with Crippen LogP contribution in [-0.2, 0) is 0 Å². The van der Waals surface area contributed by atoms with E-state index in [1.807, 2.05) is 26.0 Å². The molecule has 1 aliphatic rings. The van der Waals surface area contributed by atoms with Gasteiger partial charge in [-0.05, 0) is 62.3 Å². The highest BCUT2D eigenvalue weighted by Crippen LogP contribution is 2.34. The van der Waals surface area contributed by atoms with Gasteiger partial charge in [-0.15, -0.1) is 0 Å². The molecule has 1 aliphatic carbocycles. The maximum absolute atomic E-state index is 12.3. The van der Waals surface area contributed by atoms with Crippen molar-refractivity contribution in [1.29, 1.82) is 0 Å². The molecule has 0 spiro atoms. The first-order valence-corrected chi connectivity index (χ1v) is 7.09. The number of aliphatic hydroxyl groups excluding tert-OH is 1. The number of aliphatic hydroxyl groups is 1. The Balaban J connectivity index is 2.12. The highest BCUT2D eigenvalue weighted by atomic mass is 35.5. The van der Waals surface area contributed by atoms with Gasteiger partial charge in [0.15, 0.2) is 0 Å². The zero-order chi connectivity index (χ0) is 14.0. The molecule has 1 atom stereocenters. The van der Waals surface area contributed by atoms with Crippen LogP contribution in [0.5, 0.6) is 0 Å². The first-order valence-electron chi connectivity index (χ1n) is 6.71. The molecule has 104 valence electrons.